The fourth-order valence-electron chi connectivity index (χ4n) is 1.84. The summed E-state index contributed by atoms with van der Waals surface area (Å²) in [6.07, 6.45) is -0.0484. The summed E-state index contributed by atoms with van der Waals surface area (Å²) in [5.74, 6) is 0.237. The van der Waals surface area contributed by atoms with Gasteiger partial charge in [-0.05, 0) is 29.5 Å². The molecular formula is C12H14N4O3. The number of carboxylic acid groups (broad SMARTS) is 1. The Hall–Kier alpha value is -2.44. The van der Waals surface area contributed by atoms with E-state index in [4.69, 9.17) is 9.84 Å². The highest BCUT2D eigenvalue weighted by Crippen LogP contribution is 2.29. The van der Waals surface area contributed by atoms with Crippen molar-refractivity contribution in [3.8, 4) is 17.1 Å². The Morgan fingerprint density at radius 3 is 2.89 bits per heavy atom. The quantitative estimate of drug-likeness (QED) is 0.875. The van der Waals surface area contributed by atoms with Gasteiger partial charge in [-0.1, -0.05) is 12.1 Å². The molecule has 1 aromatic heterocycles. The lowest BCUT2D eigenvalue weighted by molar-refractivity contribution is -0.137. The minimum Gasteiger partial charge on any atom is -0.496 e. The average molecular weight is 262 g/mol. The van der Waals surface area contributed by atoms with E-state index in [1.165, 1.54) is 4.68 Å². The largest absolute Gasteiger partial charge is 0.496 e. The Morgan fingerprint density at radius 2 is 2.21 bits per heavy atom. The molecule has 0 amide bonds. The molecule has 1 unspecified atom stereocenters. The molecule has 2 rings (SSSR count). The van der Waals surface area contributed by atoms with Crippen LogP contribution in [0.2, 0.25) is 0 Å². The maximum atomic E-state index is 10.8. The first kappa shape index (κ1) is 13.0. The minimum atomic E-state index is -0.894. The Kier molecular flexibility index (Phi) is 3.74. The first-order chi connectivity index (χ1) is 9.13. The van der Waals surface area contributed by atoms with Gasteiger partial charge in [0.15, 0.2) is 5.82 Å². The topological polar surface area (TPSA) is 90.1 Å². The van der Waals surface area contributed by atoms with Gasteiger partial charge in [-0.2, -0.15) is 0 Å². The molecular weight excluding hydrogens is 248 g/mol. The van der Waals surface area contributed by atoms with Gasteiger partial charge in [-0.25, -0.2) is 4.68 Å². The Morgan fingerprint density at radius 1 is 1.47 bits per heavy atom. The molecule has 7 nitrogen and oxygen atoms in total. The summed E-state index contributed by atoms with van der Waals surface area (Å²) >= 11 is 0. The zero-order chi connectivity index (χ0) is 13.8. The molecule has 0 aliphatic carbocycles. The number of ether oxygens (including phenoxy) is 1. The van der Waals surface area contributed by atoms with E-state index in [2.05, 4.69) is 15.5 Å². The third-order valence-electron chi connectivity index (χ3n) is 2.73. The molecule has 1 heterocycles. The van der Waals surface area contributed by atoms with Gasteiger partial charge in [0, 0.05) is 0 Å². The van der Waals surface area contributed by atoms with Crippen molar-refractivity contribution in [1.29, 1.82) is 0 Å². The number of hydrogen-bond acceptors (Lipinski definition) is 5. The van der Waals surface area contributed by atoms with Crippen LogP contribution in [-0.4, -0.2) is 38.4 Å². The predicted molar refractivity (Wildman–Crippen MR) is 66.8 cm³/mol. The second kappa shape index (κ2) is 5.47. The highest BCUT2D eigenvalue weighted by Gasteiger charge is 2.19. The standard InChI is InChI=1S/C12H14N4O3/c1-8(7-11(17)18)16-12(13-14-15-16)9-5-3-4-6-10(9)19-2/h3-6,8H,7H2,1-2H3,(H,17,18). The molecule has 2 aromatic rings. The third kappa shape index (κ3) is 2.70. The number of aromatic nitrogens is 4. The highest BCUT2D eigenvalue weighted by atomic mass is 16.5. The highest BCUT2D eigenvalue weighted by molar-refractivity contribution is 5.68. The van der Waals surface area contributed by atoms with Crippen molar-refractivity contribution in [2.24, 2.45) is 0 Å². The molecule has 1 aromatic carbocycles. The molecule has 0 aliphatic rings. The molecule has 1 N–H and O–H groups in total. The van der Waals surface area contributed by atoms with Crippen molar-refractivity contribution in [1.82, 2.24) is 20.2 Å². The molecule has 0 radical (unpaired) electrons. The first-order valence-electron chi connectivity index (χ1n) is 5.76. The number of methoxy groups -OCH3 is 1. The van der Waals surface area contributed by atoms with Crippen LogP contribution in [-0.2, 0) is 4.79 Å². The van der Waals surface area contributed by atoms with Crippen LogP contribution in [0.25, 0.3) is 11.4 Å². The van der Waals surface area contributed by atoms with Gasteiger partial charge < -0.3 is 9.84 Å². The second-order valence-electron chi connectivity index (χ2n) is 4.09. The molecule has 0 bridgehead atoms. The number of carbonyl (C=O) groups is 1. The molecule has 7 heteroatoms. The summed E-state index contributed by atoms with van der Waals surface area (Å²) in [6, 6.07) is 6.98. The van der Waals surface area contributed by atoms with Crippen molar-refractivity contribution in [2.75, 3.05) is 7.11 Å². The number of benzene rings is 1. The fraction of sp³-hybridized carbons (Fsp3) is 0.333. The monoisotopic (exact) mass is 262 g/mol. The van der Waals surface area contributed by atoms with Crippen LogP contribution in [0.5, 0.6) is 5.75 Å². The first-order valence-corrected chi connectivity index (χ1v) is 5.76. The lowest BCUT2D eigenvalue weighted by atomic mass is 10.1. The molecule has 19 heavy (non-hydrogen) atoms. The van der Waals surface area contributed by atoms with Crippen LogP contribution in [0.15, 0.2) is 24.3 Å². The average Bonchev–Trinajstić information content (AvgIpc) is 2.87. The summed E-state index contributed by atoms with van der Waals surface area (Å²) < 4.78 is 6.75. The summed E-state index contributed by atoms with van der Waals surface area (Å²) in [4.78, 5) is 10.8. The molecule has 1 atom stereocenters. The van der Waals surface area contributed by atoms with Crippen molar-refractivity contribution in [3.05, 3.63) is 24.3 Å². The Balaban J connectivity index is 2.41. The van der Waals surface area contributed by atoms with Gasteiger partial charge >= 0.3 is 5.97 Å². The van der Waals surface area contributed by atoms with E-state index >= 15 is 0 Å². The number of rotatable bonds is 5. The van der Waals surface area contributed by atoms with E-state index in [0.29, 0.717) is 11.6 Å². The normalized spacial score (nSPS) is 12.1. The third-order valence-corrected chi connectivity index (χ3v) is 2.73. The smallest absolute Gasteiger partial charge is 0.305 e. The number of carboxylic acids is 1. The van der Waals surface area contributed by atoms with Crippen molar-refractivity contribution in [3.63, 3.8) is 0 Å². The van der Waals surface area contributed by atoms with Crippen molar-refractivity contribution < 1.29 is 14.6 Å². The van der Waals surface area contributed by atoms with Gasteiger partial charge in [-0.15, -0.1) is 5.10 Å². The van der Waals surface area contributed by atoms with Crippen LogP contribution in [0.4, 0.5) is 0 Å². The molecule has 0 saturated carbocycles. The van der Waals surface area contributed by atoms with E-state index in [0.717, 1.165) is 5.56 Å². The van der Waals surface area contributed by atoms with Gasteiger partial charge in [0.25, 0.3) is 0 Å². The van der Waals surface area contributed by atoms with Crippen LogP contribution in [0.1, 0.15) is 19.4 Å². The number of hydrogen-bond donors (Lipinski definition) is 1. The van der Waals surface area contributed by atoms with Gasteiger partial charge in [0.05, 0.1) is 25.1 Å². The SMILES string of the molecule is COc1ccccc1-c1nnnn1C(C)CC(=O)O. The van der Waals surface area contributed by atoms with E-state index in [1.807, 2.05) is 18.2 Å². The number of para-hydroxylation sites is 1. The maximum Gasteiger partial charge on any atom is 0.305 e. The lowest BCUT2D eigenvalue weighted by Gasteiger charge is -2.12. The second-order valence-corrected chi connectivity index (χ2v) is 4.09. The van der Waals surface area contributed by atoms with E-state index < -0.39 is 5.97 Å². The number of aliphatic carboxylic acids is 1. The number of nitrogens with zero attached hydrogens (tertiary/aromatic N) is 4. The van der Waals surface area contributed by atoms with Crippen LogP contribution in [0.3, 0.4) is 0 Å². The zero-order valence-electron chi connectivity index (χ0n) is 10.6. The minimum absolute atomic E-state index is 0.0484. The lowest BCUT2D eigenvalue weighted by Crippen LogP contribution is -2.13. The number of tetrazole rings is 1. The van der Waals surface area contributed by atoms with Gasteiger partial charge in [-0.3, -0.25) is 4.79 Å². The van der Waals surface area contributed by atoms with Crippen molar-refractivity contribution in [2.45, 2.75) is 19.4 Å². The van der Waals surface area contributed by atoms with Crippen molar-refractivity contribution >= 4 is 5.97 Å². The summed E-state index contributed by atoms with van der Waals surface area (Å²) in [6.45, 7) is 1.75. The Bertz CT molecular complexity index is 582. The van der Waals surface area contributed by atoms with E-state index in [1.54, 1.807) is 20.1 Å². The molecule has 0 saturated heterocycles. The van der Waals surface area contributed by atoms with E-state index in [9.17, 15) is 4.79 Å². The van der Waals surface area contributed by atoms with E-state index in [-0.39, 0.29) is 12.5 Å². The van der Waals surface area contributed by atoms with Crippen LogP contribution >= 0.6 is 0 Å². The molecule has 0 aliphatic heterocycles. The van der Waals surface area contributed by atoms with Gasteiger partial charge in [0.1, 0.15) is 5.75 Å². The van der Waals surface area contributed by atoms with Gasteiger partial charge in [0.2, 0.25) is 0 Å². The van der Waals surface area contributed by atoms with Crippen LogP contribution < -0.4 is 4.74 Å². The molecule has 100 valence electrons. The molecule has 0 fully saturated rings. The summed E-state index contributed by atoms with van der Waals surface area (Å²) in [5.41, 5.74) is 0.729. The Labute approximate surface area is 109 Å². The summed E-state index contributed by atoms with van der Waals surface area (Å²) in [5, 5.41) is 20.3. The van der Waals surface area contributed by atoms with Crippen LogP contribution in [0, 0.1) is 0 Å². The zero-order valence-corrected chi connectivity index (χ0v) is 10.6. The predicted octanol–water partition coefficient (Wildman–Crippen LogP) is 1.38. The maximum absolute atomic E-state index is 10.8. The summed E-state index contributed by atoms with van der Waals surface area (Å²) in [7, 11) is 1.56. The molecule has 0 spiro atoms. The fourth-order valence-corrected chi connectivity index (χ4v) is 1.84.